The molecule has 4 N–H and O–H groups in total. The maximum Gasteiger partial charge on any atom is 0.262 e. The number of aliphatic hydroxyl groups excluding tert-OH is 1. The predicted octanol–water partition coefficient (Wildman–Crippen LogP) is -0.148. The lowest BCUT2D eigenvalue weighted by Gasteiger charge is -2.08. The topological polar surface area (TPSA) is 116 Å². The van der Waals surface area contributed by atoms with E-state index < -0.39 is 18.6 Å². The maximum atomic E-state index is 11.7. The Morgan fingerprint density at radius 2 is 2.32 bits per heavy atom. The summed E-state index contributed by atoms with van der Waals surface area (Å²) in [6.45, 7) is -0.522. The van der Waals surface area contributed by atoms with Crippen molar-refractivity contribution in [3.05, 3.63) is 35.4 Å². The molecule has 0 aliphatic rings. The van der Waals surface area contributed by atoms with Gasteiger partial charge in [0.15, 0.2) is 0 Å². The summed E-state index contributed by atoms with van der Waals surface area (Å²) in [4.78, 5) is 22.2. The number of aliphatic hydroxyl groups is 1. The number of carbonyl (C=O) groups excluding carboxylic acids is 2. The Balaban J connectivity index is 2.92. The summed E-state index contributed by atoms with van der Waals surface area (Å²) in [5, 5.41) is 19.9. The van der Waals surface area contributed by atoms with Crippen LogP contribution in [0.1, 0.15) is 5.56 Å². The van der Waals surface area contributed by atoms with E-state index >= 15 is 0 Å². The third-order valence-corrected chi connectivity index (χ3v) is 2.26. The lowest BCUT2D eigenvalue weighted by molar-refractivity contribution is -0.121. The van der Waals surface area contributed by atoms with Crippen LogP contribution in [0.25, 0.3) is 6.08 Å². The van der Waals surface area contributed by atoms with Crippen LogP contribution in [0.3, 0.4) is 0 Å². The minimum Gasteiger partial charge on any atom is -0.399 e. The number of nitrogen functional groups attached to an aromatic ring is 1. The van der Waals surface area contributed by atoms with Crippen LogP contribution in [0.5, 0.6) is 0 Å². The Hall–Kier alpha value is -2.65. The Morgan fingerprint density at radius 3 is 2.84 bits per heavy atom. The molecular weight excluding hydrogens is 246 g/mol. The van der Waals surface area contributed by atoms with Crippen LogP contribution in [0.2, 0.25) is 0 Å². The molecule has 1 amide bonds. The Labute approximate surface area is 110 Å². The molecule has 1 atom stereocenters. The highest BCUT2D eigenvalue weighted by atomic mass is 16.3. The van der Waals surface area contributed by atoms with Crippen LogP contribution in [0, 0.1) is 11.3 Å². The quantitative estimate of drug-likeness (QED) is 0.294. The van der Waals surface area contributed by atoms with E-state index in [1.165, 1.54) is 6.08 Å². The van der Waals surface area contributed by atoms with Crippen molar-refractivity contribution in [1.82, 2.24) is 5.32 Å². The lowest BCUT2D eigenvalue weighted by Crippen LogP contribution is -2.39. The molecule has 0 bridgehead atoms. The number of nitrogens with two attached hydrogens (primary N) is 1. The van der Waals surface area contributed by atoms with E-state index in [1.54, 1.807) is 30.3 Å². The molecule has 1 aromatic rings. The first-order valence-corrected chi connectivity index (χ1v) is 5.45. The molecule has 1 aromatic carbocycles. The highest BCUT2D eigenvalue weighted by Crippen LogP contribution is 2.11. The van der Waals surface area contributed by atoms with Crippen LogP contribution in [-0.4, -0.2) is 29.9 Å². The van der Waals surface area contributed by atoms with Gasteiger partial charge >= 0.3 is 0 Å². The first-order chi connectivity index (χ1) is 9.10. The van der Waals surface area contributed by atoms with Crippen molar-refractivity contribution in [2.45, 2.75) is 6.04 Å². The second kappa shape index (κ2) is 6.93. The predicted molar refractivity (Wildman–Crippen MR) is 69.5 cm³/mol. The molecule has 0 aliphatic carbocycles. The van der Waals surface area contributed by atoms with Gasteiger partial charge in [0, 0.05) is 5.69 Å². The Kier molecular flexibility index (Phi) is 5.26. The zero-order valence-electron chi connectivity index (χ0n) is 10.0. The summed E-state index contributed by atoms with van der Waals surface area (Å²) in [5.74, 6) is -0.726. The zero-order chi connectivity index (χ0) is 14.3. The number of amides is 1. The van der Waals surface area contributed by atoms with Crippen molar-refractivity contribution >= 4 is 24.0 Å². The third kappa shape index (κ3) is 4.26. The third-order valence-electron chi connectivity index (χ3n) is 2.26. The number of anilines is 1. The van der Waals surface area contributed by atoms with E-state index in [2.05, 4.69) is 5.32 Å². The zero-order valence-corrected chi connectivity index (χ0v) is 10.0. The standard InChI is InChI=1S/C13H13N3O3/c14-6-10(13(19)16-12(7-17)8-18)4-9-2-1-3-11(15)5-9/h1-5,7,12,18H,8,15H2,(H,16,19)/b10-4+. The smallest absolute Gasteiger partial charge is 0.262 e. The minimum absolute atomic E-state index is 0.175. The van der Waals surface area contributed by atoms with E-state index in [-0.39, 0.29) is 5.57 Å². The second-order valence-corrected chi connectivity index (χ2v) is 3.74. The van der Waals surface area contributed by atoms with Crippen molar-refractivity contribution < 1.29 is 14.7 Å². The van der Waals surface area contributed by atoms with Gasteiger partial charge in [0.25, 0.3) is 5.91 Å². The van der Waals surface area contributed by atoms with Gasteiger partial charge in [0.05, 0.1) is 6.61 Å². The number of carbonyl (C=O) groups is 2. The van der Waals surface area contributed by atoms with Gasteiger partial charge in [-0.2, -0.15) is 5.26 Å². The molecule has 98 valence electrons. The van der Waals surface area contributed by atoms with Crippen LogP contribution in [0.4, 0.5) is 5.69 Å². The van der Waals surface area contributed by atoms with Crippen molar-refractivity contribution in [2.75, 3.05) is 12.3 Å². The van der Waals surface area contributed by atoms with Gasteiger partial charge in [0.1, 0.15) is 24.0 Å². The molecule has 6 nitrogen and oxygen atoms in total. The maximum absolute atomic E-state index is 11.7. The highest BCUT2D eigenvalue weighted by molar-refractivity contribution is 6.02. The SMILES string of the molecule is N#C/C(=C\c1cccc(N)c1)C(=O)NC(C=O)CO. The van der Waals surface area contributed by atoms with Gasteiger partial charge in [-0.1, -0.05) is 12.1 Å². The van der Waals surface area contributed by atoms with Gasteiger partial charge in [-0.05, 0) is 23.8 Å². The number of aldehydes is 1. The molecule has 0 aliphatic heterocycles. The highest BCUT2D eigenvalue weighted by Gasteiger charge is 2.14. The minimum atomic E-state index is -1.02. The number of hydrogen-bond donors (Lipinski definition) is 3. The van der Waals surface area contributed by atoms with Crippen molar-refractivity contribution in [2.24, 2.45) is 0 Å². The number of nitrogens with one attached hydrogen (secondary N) is 1. The summed E-state index contributed by atoms with van der Waals surface area (Å²) < 4.78 is 0. The van der Waals surface area contributed by atoms with Crippen LogP contribution >= 0.6 is 0 Å². The van der Waals surface area contributed by atoms with Crippen molar-refractivity contribution in [1.29, 1.82) is 5.26 Å². The van der Waals surface area contributed by atoms with Crippen LogP contribution < -0.4 is 11.1 Å². The first kappa shape index (κ1) is 14.4. The van der Waals surface area contributed by atoms with E-state index in [9.17, 15) is 9.59 Å². The van der Waals surface area contributed by atoms with Gasteiger partial charge in [-0.15, -0.1) is 0 Å². The molecule has 0 saturated heterocycles. The number of benzene rings is 1. The monoisotopic (exact) mass is 259 g/mol. The van der Waals surface area contributed by atoms with Gasteiger partial charge in [-0.25, -0.2) is 0 Å². The number of nitrogens with zero attached hydrogens (tertiary/aromatic N) is 1. The normalized spacial score (nSPS) is 12.3. The molecule has 6 heteroatoms. The van der Waals surface area contributed by atoms with Gasteiger partial charge in [0.2, 0.25) is 0 Å². The molecule has 1 rings (SSSR count). The molecule has 0 fully saturated rings. The van der Waals surface area contributed by atoms with E-state index in [0.29, 0.717) is 17.5 Å². The average molecular weight is 259 g/mol. The number of hydrogen-bond acceptors (Lipinski definition) is 5. The van der Waals surface area contributed by atoms with Crippen molar-refractivity contribution in [3.8, 4) is 6.07 Å². The lowest BCUT2D eigenvalue weighted by atomic mass is 10.1. The average Bonchev–Trinajstić information content (AvgIpc) is 2.41. The second-order valence-electron chi connectivity index (χ2n) is 3.74. The van der Waals surface area contributed by atoms with Gasteiger partial charge < -0.3 is 21.0 Å². The Bertz CT molecular complexity index is 546. The van der Waals surface area contributed by atoms with E-state index in [1.807, 2.05) is 0 Å². The molecule has 0 saturated carbocycles. The first-order valence-electron chi connectivity index (χ1n) is 5.45. The van der Waals surface area contributed by atoms with Crippen LogP contribution in [-0.2, 0) is 9.59 Å². The number of nitriles is 1. The molecular formula is C13H13N3O3. The van der Waals surface area contributed by atoms with Gasteiger partial charge in [-0.3, -0.25) is 4.79 Å². The van der Waals surface area contributed by atoms with E-state index in [0.717, 1.165) is 0 Å². The molecule has 19 heavy (non-hydrogen) atoms. The summed E-state index contributed by atoms with van der Waals surface area (Å²) >= 11 is 0. The molecule has 0 aromatic heterocycles. The molecule has 0 heterocycles. The van der Waals surface area contributed by atoms with Crippen molar-refractivity contribution in [3.63, 3.8) is 0 Å². The fourth-order valence-electron chi connectivity index (χ4n) is 1.33. The number of rotatable bonds is 5. The largest absolute Gasteiger partial charge is 0.399 e. The fourth-order valence-corrected chi connectivity index (χ4v) is 1.33. The fraction of sp³-hybridized carbons (Fsp3) is 0.154. The molecule has 0 radical (unpaired) electrons. The summed E-state index contributed by atoms with van der Waals surface area (Å²) in [6.07, 6.45) is 1.75. The summed E-state index contributed by atoms with van der Waals surface area (Å²) in [7, 11) is 0. The van der Waals surface area contributed by atoms with E-state index in [4.69, 9.17) is 16.1 Å². The van der Waals surface area contributed by atoms with Crippen LogP contribution in [0.15, 0.2) is 29.8 Å². The molecule has 1 unspecified atom stereocenters. The molecule has 0 spiro atoms. The Morgan fingerprint density at radius 1 is 1.58 bits per heavy atom. The summed E-state index contributed by atoms with van der Waals surface area (Å²) in [6, 6.07) is 7.37. The summed E-state index contributed by atoms with van der Waals surface area (Å²) in [5.41, 5.74) is 6.51.